The Morgan fingerprint density at radius 2 is 1.86 bits per heavy atom. The Bertz CT molecular complexity index is 1410. The van der Waals surface area contributed by atoms with Gasteiger partial charge in [0.1, 0.15) is 23.2 Å². The van der Waals surface area contributed by atoms with Crippen molar-refractivity contribution in [3.05, 3.63) is 89.0 Å². The van der Waals surface area contributed by atoms with Crippen molar-refractivity contribution in [3.8, 4) is 28.7 Å². The Morgan fingerprint density at radius 1 is 1.08 bits per heavy atom. The molecule has 4 aromatic rings. The van der Waals surface area contributed by atoms with Gasteiger partial charge >= 0.3 is 5.97 Å². The van der Waals surface area contributed by atoms with Crippen molar-refractivity contribution in [2.24, 2.45) is 0 Å². The quantitative estimate of drug-likeness (QED) is 0.121. The third-order valence-corrected chi connectivity index (χ3v) is 5.97. The maximum Gasteiger partial charge on any atom is 0.338 e. The van der Waals surface area contributed by atoms with E-state index in [0.717, 1.165) is 29.7 Å². The first-order chi connectivity index (χ1) is 17.6. The highest BCUT2D eigenvalue weighted by atomic mass is 32.1. The molecule has 0 fully saturated rings. The van der Waals surface area contributed by atoms with Crippen LogP contribution in [0.25, 0.3) is 28.7 Å². The zero-order valence-electron chi connectivity index (χ0n) is 19.6. The van der Waals surface area contributed by atoms with Gasteiger partial charge in [-0.1, -0.05) is 55.8 Å². The molecule has 2 heterocycles. The molecular formula is C28H23N3O4S. The number of aromatic nitrogens is 1. The number of nitrogens with zero attached hydrogens (tertiary/aromatic N) is 2. The predicted molar refractivity (Wildman–Crippen MR) is 139 cm³/mol. The molecule has 8 heteroatoms. The van der Waals surface area contributed by atoms with E-state index in [4.69, 9.17) is 9.15 Å². The van der Waals surface area contributed by atoms with Gasteiger partial charge in [-0.25, -0.2) is 9.78 Å². The molecule has 0 radical (unpaired) electrons. The van der Waals surface area contributed by atoms with Gasteiger partial charge in [0.05, 0.1) is 17.9 Å². The molecule has 180 valence electrons. The number of benzene rings is 2. The Morgan fingerprint density at radius 3 is 2.58 bits per heavy atom. The number of carbonyl (C=O) groups excluding carboxylic acids is 2. The maximum atomic E-state index is 12.6. The van der Waals surface area contributed by atoms with Crippen LogP contribution in [0.2, 0.25) is 0 Å². The number of anilines is 1. The summed E-state index contributed by atoms with van der Waals surface area (Å²) in [5.41, 5.74) is 2.78. The van der Waals surface area contributed by atoms with Crippen molar-refractivity contribution in [1.82, 2.24) is 4.98 Å². The summed E-state index contributed by atoms with van der Waals surface area (Å²) in [5.74, 6) is -0.0460. The van der Waals surface area contributed by atoms with E-state index >= 15 is 0 Å². The molecule has 7 nitrogen and oxygen atoms in total. The molecule has 0 aliphatic heterocycles. The molecule has 0 aliphatic carbocycles. The van der Waals surface area contributed by atoms with E-state index in [2.05, 4.69) is 10.3 Å². The fourth-order valence-corrected chi connectivity index (χ4v) is 3.99. The molecule has 0 aliphatic rings. The number of amides is 1. The Hall–Kier alpha value is -4.48. The van der Waals surface area contributed by atoms with Crippen molar-refractivity contribution in [2.75, 3.05) is 11.9 Å². The minimum Gasteiger partial charge on any atom is -0.462 e. The van der Waals surface area contributed by atoms with Crippen LogP contribution in [0.3, 0.4) is 0 Å². The topological polar surface area (TPSA) is 105 Å². The van der Waals surface area contributed by atoms with Crippen LogP contribution in [0.4, 0.5) is 5.13 Å². The third kappa shape index (κ3) is 6.14. The number of unbranched alkanes of at least 4 members (excludes halogenated alkanes) is 1. The van der Waals surface area contributed by atoms with E-state index in [1.807, 2.05) is 48.7 Å². The van der Waals surface area contributed by atoms with Crippen LogP contribution in [-0.4, -0.2) is 23.5 Å². The van der Waals surface area contributed by atoms with Gasteiger partial charge in [-0.15, -0.1) is 11.3 Å². The number of thiazole rings is 1. The Balaban J connectivity index is 1.42. The molecule has 2 aromatic heterocycles. The van der Waals surface area contributed by atoms with E-state index < -0.39 is 5.91 Å². The second kappa shape index (κ2) is 11.8. The summed E-state index contributed by atoms with van der Waals surface area (Å²) in [6.07, 6.45) is 3.16. The van der Waals surface area contributed by atoms with Crippen LogP contribution in [0, 0.1) is 11.3 Å². The van der Waals surface area contributed by atoms with Crippen molar-refractivity contribution >= 4 is 34.4 Å². The van der Waals surface area contributed by atoms with Gasteiger partial charge in [-0.2, -0.15) is 5.26 Å². The second-order valence-electron chi connectivity index (χ2n) is 7.80. The van der Waals surface area contributed by atoms with Crippen LogP contribution in [0.1, 0.15) is 35.9 Å². The summed E-state index contributed by atoms with van der Waals surface area (Å²) in [6.45, 7) is 2.43. The molecule has 0 saturated heterocycles. The average molecular weight is 498 g/mol. The van der Waals surface area contributed by atoms with Gasteiger partial charge in [-0.05, 0) is 30.7 Å². The van der Waals surface area contributed by atoms with Crippen LogP contribution in [0.15, 0.2) is 82.1 Å². The molecule has 4 rings (SSSR count). The zero-order valence-corrected chi connectivity index (χ0v) is 20.4. The molecule has 0 bridgehead atoms. The molecule has 1 N–H and O–H groups in total. The van der Waals surface area contributed by atoms with Gasteiger partial charge in [0.15, 0.2) is 5.13 Å². The normalized spacial score (nSPS) is 11.1. The largest absolute Gasteiger partial charge is 0.462 e. The standard InChI is InChI=1S/C28H23N3O4S/c1-2-3-15-34-27(33)21-11-9-20(10-12-21)25-14-13-23(35-25)16-22(17-29)26(32)31-28-30-24(18-36-28)19-7-5-4-6-8-19/h4-14,16,18H,2-3,15H2,1H3,(H,30,31,32)/b22-16-. The van der Waals surface area contributed by atoms with E-state index in [1.165, 1.54) is 17.4 Å². The van der Waals surface area contributed by atoms with Gasteiger partial charge in [0.2, 0.25) is 0 Å². The first kappa shape index (κ1) is 24.6. The highest BCUT2D eigenvalue weighted by Gasteiger charge is 2.14. The summed E-state index contributed by atoms with van der Waals surface area (Å²) >= 11 is 1.28. The van der Waals surface area contributed by atoms with Crippen molar-refractivity contribution in [3.63, 3.8) is 0 Å². The van der Waals surface area contributed by atoms with Crippen LogP contribution in [-0.2, 0) is 9.53 Å². The fourth-order valence-electron chi connectivity index (χ4n) is 3.28. The van der Waals surface area contributed by atoms with Crippen molar-refractivity contribution in [1.29, 1.82) is 5.26 Å². The lowest BCUT2D eigenvalue weighted by Crippen LogP contribution is -2.13. The summed E-state index contributed by atoms with van der Waals surface area (Å²) in [7, 11) is 0. The number of nitrogens with one attached hydrogen (secondary N) is 1. The zero-order chi connectivity index (χ0) is 25.3. The molecule has 0 saturated carbocycles. The van der Waals surface area contributed by atoms with Crippen LogP contribution >= 0.6 is 11.3 Å². The van der Waals surface area contributed by atoms with Gasteiger partial charge in [-0.3, -0.25) is 10.1 Å². The molecule has 36 heavy (non-hydrogen) atoms. The number of hydrogen-bond donors (Lipinski definition) is 1. The maximum absolute atomic E-state index is 12.6. The average Bonchev–Trinajstić information content (AvgIpc) is 3.58. The first-order valence-corrected chi connectivity index (χ1v) is 12.3. The van der Waals surface area contributed by atoms with Crippen LogP contribution < -0.4 is 5.32 Å². The summed E-state index contributed by atoms with van der Waals surface area (Å²) in [4.78, 5) is 29.1. The molecule has 1 amide bonds. The monoisotopic (exact) mass is 497 g/mol. The number of nitriles is 1. The Labute approximate surface area is 212 Å². The van der Waals surface area contributed by atoms with E-state index in [-0.39, 0.29) is 11.5 Å². The number of hydrogen-bond acceptors (Lipinski definition) is 7. The van der Waals surface area contributed by atoms with Crippen LogP contribution in [0.5, 0.6) is 0 Å². The Kier molecular flexibility index (Phi) is 8.06. The SMILES string of the molecule is CCCCOC(=O)c1ccc(-c2ccc(/C=C(/C#N)C(=O)Nc3nc(-c4ccccc4)cs3)o2)cc1. The number of ether oxygens (including phenoxy) is 1. The highest BCUT2D eigenvalue weighted by molar-refractivity contribution is 7.14. The van der Waals surface area contributed by atoms with Crippen molar-refractivity contribution < 1.29 is 18.7 Å². The fraction of sp³-hybridized carbons (Fsp3) is 0.143. The minimum atomic E-state index is -0.574. The molecule has 0 spiro atoms. The lowest BCUT2D eigenvalue weighted by atomic mass is 10.1. The molecule has 0 atom stereocenters. The van der Waals surface area contributed by atoms with Gasteiger partial charge < -0.3 is 9.15 Å². The summed E-state index contributed by atoms with van der Waals surface area (Å²) in [6, 6.07) is 21.8. The number of carbonyl (C=O) groups is 2. The third-order valence-electron chi connectivity index (χ3n) is 5.21. The summed E-state index contributed by atoms with van der Waals surface area (Å²) in [5, 5.41) is 14.4. The van der Waals surface area contributed by atoms with Crippen molar-refractivity contribution in [2.45, 2.75) is 19.8 Å². The smallest absolute Gasteiger partial charge is 0.338 e. The lowest BCUT2D eigenvalue weighted by molar-refractivity contribution is -0.112. The summed E-state index contributed by atoms with van der Waals surface area (Å²) < 4.78 is 11.0. The molecule has 0 unspecified atom stereocenters. The molecule has 2 aromatic carbocycles. The van der Waals surface area contributed by atoms with E-state index in [1.54, 1.807) is 36.4 Å². The first-order valence-electron chi connectivity index (χ1n) is 11.4. The number of rotatable bonds is 9. The van der Waals surface area contributed by atoms with Gasteiger partial charge in [0, 0.05) is 22.6 Å². The number of furan rings is 1. The lowest BCUT2D eigenvalue weighted by Gasteiger charge is -2.04. The highest BCUT2D eigenvalue weighted by Crippen LogP contribution is 2.26. The van der Waals surface area contributed by atoms with E-state index in [9.17, 15) is 14.9 Å². The second-order valence-corrected chi connectivity index (χ2v) is 8.65. The predicted octanol–water partition coefficient (Wildman–Crippen LogP) is 6.57. The molecular weight excluding hydrogens is 474 g/mol. The minimum absolute atomic E-state index is 0.113. The van der Waals surface area contributed by atoms with E-state index in [0.29, 0.717) is 28.8 Å². The number of esters is 1. The van der Waals surface area contributed by atoms with Gasteiger partial charge in [0.25, 0.3) is 5.91 Å².